The average molecular weight is 352 g/mol. The van der Waals surface area contributed by atoms with E-state index < -0.39 is 20.3 Å². The number of benzene rings is 1. The lowest BCUT2D eigenvalue weighted by atomic mass is 9.82. The van der Waals surface area contributed by atoms with Crippen LogP contribution in [0.3, 0.4) is 0 Å². The second kappa shape index (κ2) is 6.98. The van der Waals surface area contributed by atoms with Gasteiger partial charge in [-0.3, -0.25) is 0 Å². The van der Waals surface area contributed by atoms with E-state index >= 15 is 0 Å². The first-order valence-corrected chi connectivity index (χ1v) is 11.5. The van der Waals surface area contributed by atoms with Crippen LogP contribution in [0.4, 0.5) is 4.79 Å². The van der Waals surface area contributed by atoms with Gasteiger partial charge in [0, 0.05) is 11.1 Å². The van der Waals surface area contributed by atoms with Crippen LogP contribution in [-0.2, 0) is 10.2 Å². The average Bonchev–Trinajstić information content (AvgIpc) is 2.32. The molecule has 126 valence electrons. The molecule has 2 N–H and O–H groups in total. The van der Waals surface area contributed by atoms with Crippen molar-refractivity contribution in [3.05, 3.63) is 33.8 Å². The molecule has 0 heterocycles. The molecule has 0 spiro atoms. The molecule has 1 atom stereocenters. The summed E-state index contributed by atoms with van der Waals surface area (Å²) >= 11 is 6.64. The van der Waals surface area contributed by atoms with E-state index in [0.717, 1.165) is 16.7 Å². The maximum Gasteiger partial charge on any atom is 0.405 e. The van der Waals surface area contributed by atoms with Crippen molar-refractivity contribution in [3.63, 3.8) is 0 Å². The summed E-state index contributed by atoms with van der Waals surface area (Å²) in [6.07, 6.45) is -1.31. The van der Waals surface area contributed by atoms with Crippen molar-refractivity contribution >= 4 is 25.8 Å². The van der Waals surface area contributed by atoms with Crippen LogP contribution in [0, 0.1) is 11.5 Å². The van der Waals surface area contributed by atoms with Crippen LogP contribution in [0.1, 0.15) is 50.5 Å². The molecule has 1 aromatic rings. The lowest BCUT2D eigenvalue weighted by Crippen LogP contribution is -2.19. The third-order valence-electron chi connectivity index (χ3n) is 3.22. The SMILES string of the molecule is CC(OC(N)=O)c1ccc(C#C[Si](C)(C)C)c(C(C)(C)C)c1Cl. The molecule has 5 heteroatoms. The Morgan fingerprint density at radius 1 is 1.30 bits per heavy atom. The van der Waals surface area contributed by atoms with Crippen LogP contribution in [0.15, 0.2) is 12.1 Å². The smallest absolute Gasteiger partial charge is 0.405 e. The van der Waals surface area contributed by atoms with Gasteiger partial charge in [0.2, 0.25) is 0 Å². The molecule has 0 aliphatic heterocycles. The Morgan fingerprint density at radius 3 is 2.30 bits per heavy atom. The van der Waals surface area contributed by atoms with Crippen LogP contribution in [0.5, 0.6) is 0 Å². The van der Waals surface area contributed by atoms with Gasteiger partial charge in [-0.15, -0.1) is 5.54 Å². The highest BCUT2D eigenvalue weighted by atomic mass is 35.5. The van der Waals surface area contributed by atoms with Crippen LogP contribution in [-0.4, -0.2) is 14.2 Å². The van der Waals surface area contributed by atoms with Gasteiger partial charge in [-0.05, 0) is 24.0 Å². The second-order valence-corrected chi connectivity index (χ2v) is 12.8. The lowest BCUT2D eigenvalue weighted by molar-refractivity contribution is 0.116. The van der Waals surface area contributed by atoms with Gasteiger partial charge in [-0.1, -0.05) is 64.0 Å². The fourth-order valence-electron chi connectivity index (χ4n) is 2.24. The molecule has 1 amide bonds. The monoisotopic (exact) mass is 351 g/mol. The number of nitrogens with two attached hydrogens (primary N) is 1. The zero-order chi connectivity index (χ0) is 18.0. The molecule has 0 aliphatic rings. The molecule has 1 unspecified atom stereocenters. The Bertz CT molecular complexity index is 661. The lowest BCUT2D eigenvalue weighted by Gasteiger charge is -2.25. The van der Waals surface area contributed by atoms with Crippen LogP contribution in [0.2, 0.25) is 24.7 Å². The predicted molar refractivity (Wildman–Crippen MR) is 99.5 cm³/mol. The van der Waals surface area contributed by atoms with Crippen LogP contribution >= 0.6 is 11.6 Å². The van der Waals surface area contributed by atoms with E-state index in [0.29, 0.717) is 5.02 Å². The van der Waals surface area contributed by atoms with E-state index in [-0.39, 0.29) is 5.41 Å². The first kappa shape index (κ1) is 19.6. The third kappa shape index (κ3) is 5.60. The van der Waals surface area contributed by atoms with E-state index in [4.69, 9.17) is 22.1 Å². The molecule has 23 heavy (non-hydrogen) atoms. The molecule has 0 saturated heterocycles. The van der Waals surface area contributed by atoms with Crippen molar-refractivity contribution in [2.24, 2.45) is 5.73 Å². The molecular weight excluding hydrogens is 326 g/mol. The summed E-state index contributed by atoms with van der Waals surface area (Å²) in [6, 6.07) is 3.81. The van der Waals surface area contributed by atoms with E-state index in [1.807, 2.05) is 12.1 Å². The van der Waals surface area contributed by atoms with E-state index in [2.05, 4.69) is 51.9 Å². The highest BCUT2D eigenvalue weighted by Crippen LogP contribution is 2.37. The molecule has 0 fully saturated rings. The summed E-state index contributed by atoms with van der Waals surface area (Å²) < 4.78 is 5.06. The maximum absolute atomic E-state index is 11.0. The number of primary amides is 1. The molecule has 0 radical (unpaired) electrons. The van der Waals surface area contributed by atoms with Gasteiger partial charge in [0.1, 0.15) is 14.2 Å². The van der Waals surface area contributed by atoms with Crippen molar-refractivity contribution < 1.29 is 9.53 Å². The highest BCUT2D eigenvalue weighted by molar-refractivity contribution is 6.83. The number of carbonyl (C=O) groups is 1. The van der Waals surface area contributed by atoms with Gasteiger partial charge in [-0.2, -0.15) is 0 Å². The van der Waals surface area contributed by atoms with Crippen LogP contribution in [0.25, 0.3) is 0 Å². The normalized spacial score (nSPS) is 13.0. The van der Waals surface area contributed by atoms with E-state index in [1.54, 1.807) is 6.92 Å². The number of ether oxygens (including phenoxy) is 1. The minimum absolute atomic E-state index is 0.178. The first-order valence-electron chi connectivity index (χ1n) is 7.65. The van der Waals surface area contributed by atoms with Gasteiger partial charge in [0.05, 0.1) is 5.02 Å². The van der Waals surface area contributed by atoms with Crippen molar-refractivity contribution in [1.29, 1.82) is 0 Å². The quantitative estimate of drug-likeness (QED) is 0.600. The Morgan fingerprint density at radius 2 is 1.87 bits per heavy atom. The Balaban J connectivity index is 3.49. The summed E-state index contributed by atoms with van der Waals surface area (Å²) in [5.41, 5.74) is 11.0. The van der Waals surface area contributed by atoms with Gasteiger partial charge in [0.15, 0.2) is 0 Å². The predicted octanol–water partition coefficient (Wildman–Crippen LogP) is 5.02. The van der Waals surface area contributed by atoms with Crippen molar-refractivity contribution in [2.45, 2.75) is 58.9 Å². The third-order valence-corrected chi connectivity index (χ3v) is 4.51. The summed E-state index contributed by atoms with van der Waals surface area (Å²) in [6.45, 7) is 14.7. The van der Waals surface area contributed by atoms with E-state index in [1.165, 1.54) is 0 Å². The standard InChI is InChI=1S/C18H26ClNO2Si/c1-12(22-17(20)21)14-9-8-13(10-11-23(5,6)7)15(16(14)19)18(2,3)4/h8-9,12H,1-7H3,(H2,20,21). The summed E-state index contributed by atoms with van der Waals surface area (Å²) in [7, 11) is -1.49. The zero-order valence-electron chi connectivity index (χ0n) is 15.0. The van der Waals surface area contributed by atoms with Crippen molar-refractivity contribution in [3.8, 4) is 11.5 Å². The number of halogens is 1. The summed E-state index contributed by atoms with van der Waals surface area (Å²) in [5, 5.41) is 0.591. The van der Waals surface area contributed by atoms with Gasteiger partial charge in [0.25, 0.3) is 0 Å². The number of amides is 1. The molecule has 3 nitrogen and oxygen atoms in total. The summed E-state index contributed by atoms with van der Waals surface area (Å²) in [5.74, 6) is 3.30. The minimum atomic E-state index is -1.49. The first-order chi connectivity index (χ1) is 10.3. The number of hydrogen-bond acceptors (Lipinski definition) is 2. The molecule has 0 aliphatic carbocycles. The van der Waals surface area contributed by atoms with Gasteiger partial charge in [-0.25, -0.2) is 4.79 Å². The molecular formula is C18H26ClNO2Si. The molecule has 0 saturated carbocycles. The number of rotatable bonds is 2. The Hall–Kier alpha value is -1.44. The number of carbonyl (C=O) groups excluding carboxylic acids is 1. The molecule has 1 rings (SSSR count). The highest BCUT2D eigenvalue weighted by Gasteiger charge is 2.25. The second-order valence-electron chi connectivity index (χ2n) is 7.72. The number of hydrogen-bond donors (Lipinski definition) is 1. The fourth-order valence-corrected chi connectivity index (χ4v) is 3.35. The largest absolute Gasteiger partial charge is 0.442 e. The van der Waals surface area contributed by atoms with Gasteiger partial charge < -0.3 is 10.5 Å². The molecule has 1 aromatic carbocycles. The van der Waals surface area contributed by atoms with Gasteiger partial charge >= 0.3 is 6.09 Å². The summed E-state index contributed by atoms with van der Waals surface area (Å²) in [4.78, 5) is 11.0. The molecule has 0 aromatic heterocycles. The fraction of sp³-hybridized carbons (Fsp3) is 0.500. The maximum atomic E-state index is 11.0. The van der Waals surface area contributed by atoms with Crippen molar-refractivity contribution in [1.82, 2.24) is 0 Å². The zero-order valence-corrected chi connectivity index (χ0v) is 16.8. The molecule has 0 bridgehead atoms. The Labute approximate surface area is 145 Å². The minimum Gasteiger partial charge on any atom is -0.442 e. The van der Waals surface area contributed by atoms with E-state index in [9.17, 15) is 4.79 Å². The van der Waals surface area contributed by atoms with Crippen molar-refractivity contribution in [2.75, 3.05) is 0 Å². The topological polar surface area (TPSA) is 52.3 Å². The van der Waals surface area contributed by atoms with Crippen LogP contribution < -0.4 is 5.73 Å². The Kier molecular flexibility index (Phi) is 5.95.